The van der Waals surface area contributed by atoms with E-state index < -0.39 is 0 Å². The van der Waals surface area contributed by atoms with E-state index in [9.17, 15) is 0 Å². The Morgan fingerprint density at radius 1 is 1.46 bits per heavy atom. The first-order valence-corrected chi connectivity index (χ1v) is 5.41. The van der Waals surface area contributed by atoms with Crippen LogP contribution >= 0.6 is 0 Å². The van der Waals surface area contributed by atoms with Crippen LogP contribution in [0.3, 0.4) is 0 Å². The van der Waals surface area contributed by atoms with Gasteiger partial charge in [-0.05, 0) is 12.8 Å². The molecule has 1 atom stereocenters. The summed E-state index contributed by atoms with van der Waals surface area (Å²) in [5.74, 6) is 1.63. The molecule has 1 unspecified atom stereocenters. The van der Waals surface area contributed by atoms with Gasteiger partial charge >= 0.3 is 0 Å². The van der Waals surface area contributed by atoms with Crippen molar-refractivity contribution >= 4 is 0 Å². The lowest BCUT2D eigenvalue weighted by molar-refractivity contribution is 0.258. The smallest absolute Gasteiger partial charge is 0.141 e. The van der Waals surface area contributed by atoms with Gasteiger partial charge in [0, 0.05) is 5.92 Å². The van der Waals surface area contributed by atoms with Crippen LogP contribution in [0, 0.1) is 5.92 Å². The molecule has 74 valence electrons. The highest BCUT2D eigenvalue weighted by Gasteiger charge is 2.21. The topological polar surface area (TPSA) is 9.23 Å². The molecule has 1 saturated heterocycles. The van der Waals surface area contributed by atoms with E-state index in [1.54, 1.807) is 0 Å². The molecule has 0 N–H and O–H groups in total. The third-order valence-electron chi connectivity index (χ3n) is 2.68. The molecule has 1 heteroatoms. The minimum atomic E-state index is 0.620. The third-order valence-corrected chi connectivity index (χ3v) is 2.68. The highest BCUT2D eigenvalue weighted by Crippen LogP contribution is 2.28. The molecule has 0 bridgehead atoms. The summed E-state index contributed by atoms with van der Waals surface area (Å²) >= 11 is 0. The Kier molecular flexibility index (Phi) is 4.70. The summed E-state index contributed by atoms with van der Waals surface area (Å²) in [6.07, 6.45) is 7.79. The van der Waals surface area contributed by atoms with Gasteiger partial charge in [-0.15, -0.1) is 0 Å². The highest BCUT2D eigenvalue weighted by molar-refractivity contribution is 4.99. The van der Waals surface area contributed by atoms with Crippen molar-refractivity contribution in [2.24, 2.45) is 5.92 Å². The molecular weight excluding hydrogens is 160 g/mol. The molecule has 1 aliphatic heterocycles. The van der Waals surface area contributed by atoms with E-state index in [0.29, 0.717) is 5.92 Å². The van der Waals surface area contributed by atoms with E-state index in [-0.39, 0.29) is 0 Å². The van der Waals surface area contributed by atoms with Gasteiger partial charge in [-0.25, -0.2) is 0 Å². The van der Waals surface area contributed by atoms with E-state index in [1.165, 1.54) is 38.5 Å². The van der Waals surface area contributed by atoms with Gasteiger partial charge in [0.1, 0.15) is 5.76 Å². The van der Waals surface area contributed by atoms with Gasteiger partial charge in [0.05, 0.1) is 6.61 Å². The zero-order valence-electron chi connectivity index (χ0n) is 8.64. The van der Waals surface area contributed by atoms with Crippen molar-refractivity contribution in [1.29, 1.82) is 0 Å². The maximum atomic E-state index is 5.41. The van der Waals surface area contributed by atoms with Gasteiger partial charge in [0.2, 0.25) is 0 Å². The maximum absolute atomic E-state index is 5.41. The Hall–Kier alpha value is -0.680. The normalized spacial score (nSPS) is 21.3. The van der Waals surface area contributed by atoms with Crippen molar-refractivity contribution in [2.75, 3.05) is 6.61 Å². The Bertz CT molecular complexity index is 189. The van der Waals surface area contributed by atoms with Crippen molar-refractivity contribution < 1.29 is 4.74 Å². The van der Waals surface area contributed by atoms with Crippen molar-refractivity contribution in [2.45, 2.75) is 45.4 Å². The summed E-state index contributed by atoms with van der Waals surface area (Å²) in [5.41, 5.74) is 2.90. The van der Waals surface area contributed by atoms with Crippen molar-refractivity contribution in [3.63, 3.8) is 0 Å². The van der Waals surface area contributed by atoms with Gasteiger partial charge in [0.15, 0.2) is 0 Å². The molecule has 0 aromatic carbocycles. The third kappa shape index (κ3) is 3.28. The fourth-order valence-electron chi connectivity index (χ4n) is 1.85. The van der Waals surface area contributed by atoms with Crippen molar-refractivity contribution in [1.82, 2.24) is 0 Å². The summed E-state index contributed by atoms with van der Waals surface area (Å²) in [7, 11) is 0. The predicted molar refractivity (Wildman–Crippen MR) is 55.5 cm³/mol. The molecule has 1 aliphatic rings. The Morgan fingerprint density at radius 3 is 3.00 bits per heavy atom. The van der Waals surface area contributed by atoms with E-state index in [4.69, 9.17) is 4.74 Å². The number of allylic oxidation sites excluding steroid dienone is 1. The lowest BCUT2D eigenvalue weighted by Gasteiger charge is -2.06. The maximum Gasteiger partial charge on any atom is 0.141 e. The molecule has 0 aromatic rings. The monoisotopic (exact) mass is 180 g/mol. The average molecular weight is 180 g/mol. The predicted octanol–water partition coefficient (Wildman–Crippen LogP) is 3.66. The summed E-state index contributed by atoms with van der Waals surface area (Å²) in [6.45, 7) is 6.77. The number of hydrogen-bond donors (Lipinski definition) is 0. The lowest BCUT2D eigenvalue weighted by Crippen LogP contribution is -1.96. The van der Waals surface area contributed by atoms with Crippen molar-refractivity contribution in [3.8, 4) is 0 Å². The summed E-state index contributed by atoms with van der Waals surface area (Å²) in [5, 5.41) is 0. The zero-order valence-corrected chi connectivity index (χ0v) is 8.64. The molecule has 0 radical (unpaired) electrons. The first-order valence-electron chi connectivity index (χ1n) is 5.41. The summed E-state index contributed by atoms with van der Waals surface area (Å²) < 4.78 is 5.41. The summed E-state index contributed by atoms with van der Waals surface area (Å²) in [6, 6.07) is 0. The van der Waals surface area contributed by atoms with Gasteiger partial charge in [0.25, 0.3) is 0 Å². The molecule has 1 fully saturated rings. The van der Waals surface area contributed by atoms with Crippen LogP contribution in [0.5, 0.6) is 0 Å². The number of rotatable bonds is 5. The molecule has 0 saturated carbocycles. The van der Waals surface area contributed by atoms with Crippen LogP contribution < -0.4 is 0 Å². The minimum absolute atomic E-state index is 0.620. The first kappa shape index (κ1) is 10.4. The Morgan fingerprint density at radius 2 is 2.31 bits per heavy atom. The Balaban J connectivity index is 2.17. The van der Waals surface area contributed by atoms with Crippen LogP contribution in [0.4, 0.5) is 0 Å². The standard InChI is InChI=1S/C12H20O/c1-3-5-6-7-8-11-9-10-13-12(11)4-2/h11H,2-3,5-10H2,1H3. The largest absolute Gasteiger partial charge is 0.490 e. The van der Waals surface area contributed by atoms with Gasteiger partial charge < -0.3 is 4.74 Å². The fraction of sp³-hybridized carbons (Fsp3) is 0.750. The molecule has 0 amide bonds. The van der Waals surface area contributed by atoms with Gasteiger partial charge in [-0.1, -0.05) is 44.9 Å². The van der Waals surface area contributed by atoms with Crippen LogP contribution in [0.1, 0.15) is 45.4 Å². The van der Waals surface area contributed by atoms with E-state index in [0.717, 1.165) is 12.4 Å². The second-order valence-corrected chi connectivity index (χ2v) is 3.72. The number of hydrogen-bond acceptors (Lipinski definition) is 1. The van der Waals surface area contributed by atoms with E-state index in [1.807, 2.05) is 0 Å². The highest BCUT2D eigenvalue weighted by atomic mass is 16.5. The second-order valence-electron chi connectivity index (χ2n) is 3.72. The molecule has 13 heavy (non-hydrogen) atoms. The molecular formula is C12H20O. The first-order chi connectivity index (χ1) is 6.38. The van der Waals surface area contributed by atoms with Crippen LogP contribution in [-0.4, -0.2) is 6.61 Å². The fourth-order valence-corrected chi connectivity index (χ4v) is 1.85. The lowest BCUT2D eigenvalue weighted by atomic mass is 9.98. The molecule has 0 aliphatic carbocycles. The quantitative estimate of drug-likeness (QED) is 0.463. The minimum Gasteiger partial charge on any atom is -0.490 e. The van der Waals surface area contributed by atoms with Crippen LogP contribution in [0.15, 0.2) is 18.1 Å². The molecule has 1 heterocycles. The van der Waals surface area contributed by atoms with Gasteiger partial charge in [-0.2, -0.15) is 0 Å². The SMILES string of the molecule is C=C=C1OCCC1CCCCCC. The van der Waals surface area contributed by atoms with Crippen molar-refractivity contribution in [3.05, 3.63) is 18.1 Å². The van der Waals surface area contributed by atoms with E-state index in [2.05, 4.69) is 19.2 Å². The summed E-state index contributed by atoms with van der Waals surface area (Å²) in [4.78, 5) is 0. The average Bonchev–Trinajstić information content (AvgIpc) is 2.60. The Labute approximate surface area is 81.5 Å². The van der Waals surface area contributed by atoms with E-state index >= 15 is 0 Å². The van der Waals surface area contributed by atoms with Crippen LogP contribution in [0.2, 0.25) is 0 Å². The number of unbranched alkanes of at least 4 members (excludes halogenated alkanes) is 3. The molecule has 1 rings (SSSR count). The second kappa shape index (κ2) is 5.88. The zero-order chi connectivity index (χ0) is 9.52. The number of ether oxygens (including phenoxy) is 1. The van der Waals surface area contributed by atoms with Gasteiger partial charge in [-0.3, -0.25) is 0 Å². The molecule has 1 nitrogen and oxygen atoms in total. The molecule has 0 aromatic heterocycles. The molecule has 0 spiro atoms. The van der Waals surface area contributed by atoms with Crippen LogP contribution in [-0.2, 0) is 4.74 Å². The van der Waals surface area contributed by atoms with Crippen LogP contribution in [0.25, 0.3) is 0 Å².